The van der Waals surface area contributed by atoms with E-state index < -0.39 is 0 Å². The standard InChI is InChI=1S/C12H11ClN2/c1-9-6-7-14-12(8-9)15-11-5-3-2-4-10(11)13/h2-8H,1H3,(H,14,15). The average molecular weight is 219 g/mol. The fourth-order valence-corrected chi connectivity index (χ4v) is 1.49. The fourth-order valence-electron chi connectivity index (χ4n) is 1.31. The number of nitrogens with one attached hydrogen (secondary N) is 1. The van der Waals surface area contributed by atoms with E-state index in [9.17, 15) is 0 Å². The number of benzene rings is 1. The SMILES string of the molecule is Cc1ccnc(Nc2ccccc2Cl)c1. The summed E-state index contributed by atoms with van der Waals surface area (Å²) in [5.74, 6) is 0.808. The van der Waals surface area contributed by atoms with E-state index in [4.69, 9.17) is 11.6 Å². The van der Waals surface area contributed by atoms with Crippen LogP contribution in [0.1, 0.15) is 5.56 Å². The van der Waals surface area contributed by atoms with E-state index in [2.05, 4.69) is 10.3 Å². The summed E-state index contributed by atoms with van der Waals surface area (Å²) in [6, 6.07) is 11.5. The maximum Gasteiger partial charge on any atom is 0.130 e. The molecule has 0 atom stereocenters. The van der Waals surface area contributed by atoms with Crippen molar-refractivity contribution >= 4 is 23.1 Å². The topological polar surface area (TPSA) is 24.9 Å². The fraction of sp³-hybridized carbons (Fsp3) is 0.0833. The zero-order valence-corrected chi connectivity index (χ0v) is 9.12. The first kappa shape index (κ1) is 9.99. The van der Waals surface area contributed by atoms with Crippen molar-refractivity contribution in [3.8, 4) is 0 Å². The largest absolute Gasteiger partial charge is 0.339 e. The molecule has 15 heavy (non-hydrogen) atoms. The van der Waals surface area contributed by atoms with Crippen molar-refractivity contribution in [2.24, 2.45) is 0 Å². The minimum absolute atomic E-state index is 0.695. The van der Waals surface area contributed by atoms with Gasteiger partial charge in [-0.05, 0) is 36.8 Å². The molecule has 0 saturated heterocycles. The third-order valence-electron chi connectivity index (χ3n) is 2.05. The molecule has 76 valence electrons. The summed E-state index contributed by atoms with van der Waals surface area (Å²) >= 11 is 6.02. The van der Waals surface area contributed by atoms with E-state index in [0.717, 1.165) is 11.5 Å². The van der Waals surface area contributed by atoms with Crippen LogP contribution in [-0.2, 0) is 0 Å². The molecule has 3 heteroatoms. The van der Waals surface area contributed by atoms with Crippen molar-refractivity contribution in [3.63, 3.8) is 0 Å². The van der Waals surface area contributed by atoms with Gasteiger partial charge in [-0.2, -0.15) is 0 Å². The Morgan fingerprint density at radius 2 is 2.00 bits per heavy atom. The van der Waals surface area contributed by atoms with Gasteiger partial charge in [-0.1, -0.05) is 23.7 Å². The molecule has 2 rings (SSSR count). The van der Waals surface area contributed by atoms with Crippen molar-refractivity contribution < 1.29 is 0 Å². The molecular formula is C12H11ClN2. The van der Waals surface area contributed by atoms with Crippen LogP contribution in [0.25, 0.3) is 0 Å². The molecule has 0 aliphatic heterocycles. The van der Waals surface area contributed by atoms with Crippen LogP contribution in [0.4, 0.5) is 11.5 Å². The number of anilines is 2. The zero-order chi connectivity index (χ0) is 10.7. The molecule has 0 spiro atoms. The minimum atomic E-state index is 0.695. The third-order valence-corrected chi connectivity index (χ3v) is 2.38. The molecule has 2 aromatic rings. The quantitative estimate of drug-likeness (QED) is 0.830. The summed E-state index contributed by atoms with van der Waals surface area (Å²) in [7, 11) is 0. The lowest BCUT2D eigenvalue weighted by molar-refractivity contribution is 1.27. The molecular weight excluding hydrogens is 208 g/mol. The highest BCUT2D eigenvalue weighted by Gasteiger charge is 1.99. The van der Waals surface area contributed by atoms with E-state index in [0.29, 0.717) is 5.02 Å². The van der Waals surface area contributed by atoms with Crippen LogP contribution >= 0.6 is 11.6 Å². The highest BCUT2D eigenvalue weighted by Crippen LogP contribution is 2.23. The first-order chi connectivity index (χ1) is 7.25. The maximum absolute atomic E-state index is 6.02. The van der Waals surface area contributed by atoms with Crippen LogP contribution in [0.2, 0.25) is 5.02 Å². The van der Waals surface area contributed by atoms with Crippen LogP contribution in [0.5, 0.6) is 0 Å². The number of rotatable bonds is 2. The van der Waals surface area contributed by atoms with Gasteiger partial charge in [0.2, 0.25) is 0 Å². The molecule has 0 radical (unpaired) electrons. The number of aromatic nitrogens is 1. The second kappa shape index (κ2) is 4.32. The lowest BCUT2D eigenvalue weighted by Crippen LogP contribution is -1.93. The number of hydrogen-bond acceptors (Lipinski definition) is 2. The Morgan fingerprint density at radius 3 is 2.73 bits per heavy atom. The van der Waals surface area contributed by atoms with Crippen molar-refractivity contribution in [1.82, 2.24) is 4.98 Å². The van der Waals surface area contributed by atoms with E-state index >= 15 is 0 Å². The molecule has 1 aromatic carbocycles. The van der Waals surface area contributed by atoms with Gasteiger partial charge < -0.3 is 5.32 Å². The van der Waals surface area contributed by atoms with Crippen molar-refractivity contribution in [1.29, 1.82) is 0 Å². The number of para-hydroxylation sites is 1. The number of halogens is 1. The molecule has 1 heterocycles. The molecule has 0 fully saturated rings. The molecule has 0 aliphatic carbocycles. The predicted octanol–water partition coefficient (Wildman–Crippen LogP) is 3.79. The Balaban J connectivity index is 2.26. The minimum Gasteiger partial charge on any atom is -0.339 e. The van der Waals surface area contributed by atoms with Gasteiger partial charge >= 0.3 is 0 Å². The summed E-state index contributed by atoms with van der Waals surface area (Å²) < 4.78 is 0. The van der Waals surface area contributed by atoms with E-state index in [1.807, 2.05) is 43.3 Å². The normalized spacial score (nSPS) is 10.0. The summed E-state index contributed by atoms with van der Waals surface area (Å²) in [5.41, 5.74) is 2.04. The van der Waals surface area contributed by atoms with Crippen LogP contribution in [0.15, 0.2) is 42.6 Å². The third kappa shape index (κ3) is 2.48. The second-order valence-corrected chi connectivity index (χ2v) is 3.73. The van der Waals surface area contributed by atoms with Crippen molar-refractivity contribution in [2.75, 3.05) is 5.32 Å². The Kier molecular flexibility index (Phi) is 2.88. The molecule has 0 aliphatic rings. The molecule has 0 unspecified atom stereocenters. The second-order valence-electron chi connectivity index (χ2n) is 3.32. The van der Waals surface area contributed by atoms with Gasteiger partial charge in [-0.25, -0.2) is 4.98 Å². The average Bonchev–Trinajstić information content (AvgIpc) is 2.22. The number of hydrogen-bond donors (Lipinski definition) is 1. The van der Waals surface area contributed by atoms with Crippen LogP contribution in [0, 0.1) is 6.92 Å². The summed E-state index contributed by atoms with van der Waals surface area (Å²) in [4.78, 5) is 4.21. The summed E-state index contributed by atoms with van der Waals surface area (Å²) in [5, 5.41) is 3.87. The highest BCUT2D eigenvalue weighted by atomic mass is 35.5. The molecule has 0 saturated carbocycles. The van der Waals surface area contributed by atoms with Crippen LogP contribution in [0.3, 0.4) is 0 Å². The van der Waals surface area contributed by atoms with Gasteiger partial charge in [0.05, 0.1) is 10.7 Å². The number of nitrogens with zero attached hydrogens (tertiary/aromatic N) is 1. The van der Waals surface area contributed by atoms with E-state index in [1.54, 1.807) is 6.20 Å². The Bertz CT molecular complexity index is 469. The van der Waals surface area contributed by atoms with Crippen molar-refractivity contribution in [2.45, 2.75) is 6.92 Å². The first-order valence-electron chi connectivity index (χ1n) is 4.70. The van der Waals surface area contributed by atoms with Crippen LogP contribution < -0.4 is 5.32 Å². The number of aryl methyl sites for hydroxylation is 1. The molecule has 1 N–H and O–H groups in total. The Labute approximate surface area is 93.9 Å². The molecule has 0 amide bonds. The predicted molar refractivity (Wildman–Crippen MR) is 63.7 cm³/mol. The van der Waals surface area contributed by atoms with E-state index in [1.165, 1.54) is 5.56 Å². The highest BCUT2D eigenvalue weighted by molar-refractivity contribution is 6.33. The summed E-state index contributed by atoms with van der Waals surface area (Å²) in [6.45, 7) is 2.03. The Hall–Kier alpha value is -1.54. The van der Waals surface area contributed by atoms with Crippen LogP contribution in [-0.4, -0.2) is 4.98 Å². The summed E-state index contributed by atoms with van der Waals surface area (Å²) in [6.07, 6.45) is 1.77. The van der Waals surface area contributed by atoms with Gasteiger partial charge in [0, 0.05) is 6.20 Å². The smallest absolute Gasteiger partial charge is 0.130 e. The maximum atomic E-state index is 6.02. The molecule has 1 aromatic heterocycles. The van der Waals surface area contributed by atoms with Gasteiger partial charge in [0.25, 0.3) is 0 Å². The van der Waals surface area contributed by atoms with Crippen molar-refractivity contribution in [3.05, 3.63) is 53.2 Å². The monoisotopic (exact) mass is 218 g/mol. The molecule has 2 nitrogen and oxygen atoms in total. The van der Waals surface area contributed by atoms with Gasteiger partial charge in [-0.15, -0.1) is 0 Å². The zero-order valence-electron chi connectivity index (χ0n) is 8.37. The van der Waals surface area contributed by atoms with E-state index in [-0.39, 0.29) is 0 Å². The lowest BCUT2D eigenvalue weighted by atomic mass is 10.3. The van der Waals surface area contributed by atoms with Gasteiger partial charge in [0.15, 0.2) is 0 Å². The number of pyridine rings is 1. The Morgan fingerprint density at radius 1 is 1.20 bits per heavy atom. The van der Waals surface area contributed by atoms with Gasteiger partial charge in [-0.3, -0.25) is 0 Å². The van der Waals surface area contributed by atoms with Gasteiger partial charge in [0.1, 0.15) is 5.82 Å². The lowest BCUT2D eigenvalue weighted by Gasteiger charge is -2.07. The first-order valence-corrected chi connectivity index (χ1v) is 5.08. The molecule has 0 bridgehead atoms.